The number of carbonyl (C=O) groups excluding carboxylic acids is 1. The molecule has 1 unspecified atom stereocenters. The Morgan fingerprint density at radius 3 is 2.85 bits per heavy atom. The van der Waals surface area contributed by atoms with E-state index in [-0.39, 0.29) is 11.9 Å². The molecule has 106 valence electrons. The Kier molecular flexibility index (Phi) is 4.46. The summed E-state index contributed by atoms with van der Waals surface area (Å²) in [7, 11) is 0. The molecule has 3 N–H and O–H groups in total. The Balaban J connectivity index is 2.10. The molecule has 0 heterocycles. The molecule has 1 amide bonds. The number of carbonyl (C=O) groups is 1. The standard InChI is InChI=1S/C17H22N2O/c1-17(2)10-9-14(12-17)19-16(20)15-8-4-3-6-13(15)7-5-11-18/h3-4,6,8,14H,9-12,18H2,1-2H3,(H,19,20). The highest BCUT2D eigenvalue weighted by Gasteiger charge is 2.31. The summed E-state index contributed by atoms with van der Waals surface area (Å²) in [6, 6.07) is 7.69. The third-order valence-corrected chi connectivity index (χ3v) is 3.80. The van der Waals surface area contributed by atoms with Crippen molar-refractivity contribution >= 4 is 5.91 Å². The fourth-order valence-electron chi connectivity index (χ4n) is 2.76. The molecule has 1 fully saturated rings. The largest absolute Gasteiger partial charge is 0.349 e. The second-order valence-electron chi connectivity index (χ2n) is 6.13. The van der Waals surface area contributed by atoms with Crippen LogP contribution in [0.25, 0.3) is 0 Å². The van der Waals surface area contributed by atoms with Crippen LogP contribution in [0.1, 0.15) is 49.0 Å². The van der Waals surface area contributed by atoms with Crippen LogP contribution in [-0.2, 0) is 0 Å². The molecule has 3 nitrogen and oxygen atoms in total. The molecule has 0 aromatic heterocycles. The van der Waals surface area contributed by atoms with Crippen LogP contribution in [0.3, 0.4) is 0 Å². The van der Waals surface area contributed by atoms with Gasteiger partial charge >= 0.3 is 0 Å². The Bertz CT molecular complexity index is 552. The maximum absolute atomic E-state index is 12.4. The van der Waals surface area contributed by atoms with Crippen molar-refractivity contribution in [1.29, 1.82) is 0 Å². The van der Waals surface area contributed by atoms with Gasteiger partial charge in [0.25, 0.3) is 5.91 Å². The zero-order chi connectivity index (χ0) is 14.6. The summed E-state index contributed by atoms with van der Waals surface area (Å²) in [6.07, 6.45) is 3.25. The first-order valence-electron chi connectivity index (χ1n) is 7.11. The summed E-state index contributed by atoms with van der Waals surface area (Å²) in [5, 5.41) is 3.13. The van der Waals surface area contributed by atoms with Crippen molar-refractivity contribution < 1.29 is 4.79 Å². The SMILES string of the molecule is CC1(C)CCC(NC(=O)c2ccccc2C#CCN)C1. The lowest BCUT2D eigenvalue weighted by Crippen LogP contribution is -2.33. The first-order chi connectivity index (χ1) is 9.52. The van der Waals surface area contributed by atoms with Crippen molar-refractivity contribution in [2.24, 2.45) is 11.1 Å². The topological polar surface area (TPSA) is 55.1 Å². The number of hydrogen-bond acceptors (Lipinski definition) is 2. The molecule has 0 saturated heterocycles. The minimum atomic E-state index is -0.0328. The molecule has 1 aliphatic carbocycles. The highest BCUT2D eigenvalue weighted by Crippen LogP contribution is 2.36. The number of rotatable bonds is 2. The van der Waals surface area contributed by atoms with E-state index in [1.165, 1.54) is 0 Å². The van der Waals surface area contributed by atoms with Gasteiger partial charge in [-0.05, 0) is 36.8 Å². The van der Waals surface area contributed by atoms with Crippen LogP contribution < -0.4 is 11.1 Å². The van der Waals surface area contributed by atoms with Gasteiger partial charge in [-0.1, -0.05) is 37.8 Å². The van der Waals surface area contributed by atoms with E-state index < -0.39 is 0 Å². The van der Waals surface area contributed by atoms with Gasteiger partial charge in [-0.2, -0.15) is 0 Å². The first-order valence-corrected chi connectivity index (χ1v) is 7.11. The minimum Gasteiger partial charge on any atom is -0.349 e. The van der Waals surface area contributed by atoms with Crippen LogP contribution >= 0.6 is 0 Å². The molecule has 3 heteroatoms. The molecule has 0 radical (unpaired) electrons. The van der Waals surface area contributed by atoms with Gasteiger partial charge in [-0.3, -0.25) is 4.79 Å². The molecular weight excluding hydrogens is 248 g/mol. The molecule has 1 atom stereocenters. The zero-order valence-electron chi connectivity index (χ0n) is 12.2. The van der Waals surface area contributed by atoms with E-state index in [1.807, 2.05) is 24.3 Å². The molecule has 0 bridgehead atoms. The molecule has 0 aliphatic heterocycles. The van der Waals surface area contributed by atoms with E-state index in [0.717, 1.165) is 24.8 Å². The number of nitrogens with two attached hydrogens (primary N) is 1. The lowest BCUT2D eigenvalue weighted by atomic mass is 9.92. The van der Waals surface area contributed by atoms with E-state index in [4.69, 9.17) is 5.73 Å². The van der Waals surface area contributed by atoms with Crippen LogP contribution in [-0.4, -0.2) is 18.5 Å². The van der Waals surface area contributed by atoms with E-state index in [2.05, 4.69) is 31.0 Å². The Morgan fingerprint density at radius 2 is 2.20 bits per heavy atom. The molecular formula is C17H22N2O. The van der Waals surface area contributed by atoms with Crippen molar-refractivity contribution in [3.05, 3.63) is 35.4 Å². The third-order valence-electron chi connectivity index (χ3n) is 3.80. The van der Waals surface area contributed by atoms with Crippen LogP contribution in [0.2, 0.25) is 0 Å². The number of hydrogen-bond donors (Lipinski definition) is 2. The lowest BCUT2D eigenvalue weighted by molar-refractivity contribution is 0.0936. The molecule has 1 saturated carbocycles. The first kappa shape index (κ1) is 14.6. The zero-order valence-corrected chi connectivity index (χ0v) is 12.2. The third kappa shape index (κ3) is 3.61. The van der Waals surface area contributed by atoms with E-state index in [1.54, 1.807) is 0 Å². The summed E-state index contributed by atoms with van der Waals surface area (Å²) < 4.78 is 0. The van der Waals surface area contributed by atoms with E-state index in [0.29, 0.717) is 17.5 Å². The molecule has 20 heavy (non-hydrogen) atoms. The van der Waals surface area contributed by atoms with Crippen molar-refractivity contribution in [2.75, 3.05) is 6.54 Å². The summed E-state index contributed by atoms with van der Waals surface area (Å²) in [4.78, 5) is 12.4. The van der Waals surface area contributed by atoms with Gasteiger partial charge in [-0.15, -0.1) is 0 Å². The number of amides is 1. The summed E-state index contributed by atoms with van der Waals surface area (Å²) in [5.41, 5.74) is 7.10. The van der Waals surface area contributed by atoms with Crippen LogP contribution in [0.4, 0.5) is 0 Å². The van der Waals surface area contributed by atoms with Gasteiger partial charge in [-0.25, -0.2) is 0 Å². The van der Waals surface area contributed by atoms with Gasteiger partial charge in [0, 0.05) is 11.6 Å². The maximum Gasteiger partial charge on any atom is 0.252 e. The smallest absolute Gasteiger partial charge is 0.252 e. The molecule has 1 aromatic carbocycles. The average Bonchev–Trinajstić information content (AvgIpc) is 2.76. The summed E-state index contributed by atoms with van der Waals surface area (Å²) in [6.45, 7) is 4.80. The van der Waals surface area contributed by atoms with E-state index >= 15 is 0 Å². The van der Waals surface area contributed by atoms with Crippen molar-refractivity contribution in [1.82, 2.24) is 5.32 Å². The van der Waals surface area contributed by atoms with Gasteiger partial charge < -0.3 is 11.1 Å². The monoisotopic (exact) mass is 270 g/mol. The second-order valence-corrected chi connectivity index (χ2v) is 6.13. The van der Waals surface area contributed by atoms with Crippen LogP contribution in [0, 0.1) is 17.3 Å². The maximum atomic E-state index is 12.4. The second kappa shape index (κ2) is 6.11. The molecule has 0 spiro atoms. The number of benzene rings is 1. The predicted molar refractivity (Wildman–Crippen MR) is 81.3 cm³/mol. The van der Waals surface area contributed by atoms with Gasteiger partial charge in [0.15, 0.2) is 0 Å². The van der Waals surface area contributed by atoms with Gasteiger partial charge in [0.2, 0.25) is 0 Å². The minimum absolute atomic E-state index is 0.0328. The molecule has 1 aromatic rings. The van der Waals surface area contributed by atoms with Crippen molar-refractivity contribution in [2.45, 2.75) is 39.2 Å². The van der Waals surface area contributed by atoms with E-state index in [9.17, 15) is 4.79 Å². The van der Waals surface area contributed by atoms with Gasteiger partial charge in [0.1, 0.15) is 0 Å². The fraction of sp³-hybridized carbons (Fsp3) is 0.471. The number of nitrogens with one attached hydrogen (secondary N) is 1. The summed E-state index contributed by atoms with van der Waals surface area (Å²) in [5.74, 6) is 5.73. The Labute approximate surface area is 120 Å². The average molecular weight is 270 g/mol. The molecule has 1 aliphatic rings. The normalized spacial score (nSPS) is 20.1. The quantitative estimate of drug-likeness (QED) is 0.810. The van der Waals surface area contributed by atoms with Crippen LogP contribution in [0.15, 0.2) is 24.3 Å². The predicted octanol–water partition coefficient (Wildman–Crippen LogP) is 2.31. The van der Waals surface area contributed by atoms with Gasteiger partial charge in [0.05, 0.1) is 12.1 Å². The Hall–Kier alpha value is -1.79. The highest BCUT2D eigenvalue weighted by molar-refractivity contribution is 5.96. The van der Waals surface area contributed by atoms with Crippen molar-refractivity contribution in [3.63, 3.8) is 0 Å². The van der Waals surface area contributed by atoms with Crippen molar-refractivity contribution in [3.8, 4) is 11.8 Å². The lowest BCUT2D eigenvalue weighted by Gasteiger charge is -2.18. The molecule has 2 rings (SSSR count). The fourth-order valence-corrected chi connectivity index (χ4v) is 2.76. The van der Waals surface area contributed by atoms with Crippen LogP contribution in [0.5, 0.6) is 0 Å². The highest BCUT2D eigenvalue weighted by atomic mass is 16.1. The Morgan fingerprint density at radius 1 is 1.45 bits per heavy atom. The summed E-state index contributed by atoms with van der Waals surface area (Å²) >= 11 is 0.